The summed E-state index contributed by atoms with van der Waals surface area (Å²) in [7, 11) is 0. The number of hydrogen-bond acceptors (Lipinski definition) is 3. The molecule has 2 N–H and O–H groups in total. The fraction of sp³-hybridized carbons (Fsp3) is 0.867. The molecular formula is C15H26N2O4. The van der Waals surface area contributed by atoms with Gasteiger partial charge in [0.1, 0.15) is 0 Å². The SMILES string of the molecule is CC(C)CCOCCNC(=O)N1C2CCC1C(C(=O)O)C2. The Labute approximate surface area is 125 Å². The van der Waals surface area contributed by atoms with E-state index in [4.69, 9.17) is 4.74 Å². The minimum Gasteiger partial charge on any atom is -0.481 e. The Hall–Kier alpha value is -1.30. The third-order valence-electron chi connectivity index (χ3n) is 4.45. The molecule has 6 heteroatoms. The second kappa shape index (κ2) is 7.11. The Morgan fingerprint density at radius 3 is 2.71 bits per heavy atom. The van der Waals surface area contributed by atoms with Crippen LogP contribution < -0.4 is 5.32 Å². The summed E-state index contributed by atoms with van der Waals surface area (Å²) in [6, 6.07) is -0.175. The number of ether oxygens (including phenoxy) is 1. The number of aliphatic carboxylic acids is 1. The number of nitrogens with one attached hydrogen (secondary N) is 1. The molecule has 2 saturated heterocycles. The van der Waals surface area contributed by atoms with E-state index in [0.717, 1.165) is 19.3 Å². The highest BCUT2D eigenvalue weighted by Gasteiger charge is 2.51. The molecule has 2 rings (SSSR count). The Morgan fingerprint density at radius 2 is 2.10 bits per heavy atom. The Balaban J connectivity index is 1.69. The molecule has 0 aromatic rings. The number of urea groups is 1. The van der Waals surface area contributed by atoms with Gasteiger partial charge in [0.2, 0.25) is 0 Å². The van der Waals surface area contributed by atoms with Crippen LogP contribution in [-0.2, 0) is 9.53 Å². The van der Waals surface area contributed by atoms with Crippen LogP contribution in [0.3, 0.4) is 0 Å². The second-order valence-electron chi connectivity index (χ2n) is 6.41. The second-order valence-corrected chi connectivity index (χ2v) is 6.41. The zero-order valence-corrected chi connectivity index (χ0v) is 12.9. The highest BCUT2D eigenvalue weighted by molar-refractivity contribution is 5.79. The van der Waals surface area contributed by atoms with Crippen molar-refractivity contribution in [2.45, 2.75) is 51.6 Å². The van der Waals surface area contributed by atoms with Crippen LogP contribution in [0.2, 0.25) is 0 Å². The van der Waals surface area contributed by atoms with Crippen LogP contribution in [0, 0.1) is 11.8 Å². The van der Waals surface area contributed by atoms with Crippen molar-refractivity contribution in [2.24, 2.45) is 11.8 Å². The highest BCUT2D eigenvalue weighted by atomic mass is 16.5. The summed E-state index contributed by atoms with van der Waals surface area (Å²) in [5.74, 6) is -0.554. The summed E-state index contributed by atoms with van der Waals surface area (Å²) in [6.07, 6.45) is 3.34. The number of carbonyl (C=O) groups is 2. The van der Waals surface area contributed by atoms with Gasteiger partial charge in [0.15, 0.2) is 0 Å². The fourth-order valence-corrected chi connectivity index (χ4v) is 3.31. The predicted octanol–water partition coefficient (Wildman–Crippen LogP) is 1.70. The van der Waals surface area contributed by atoms with Crippen molar-refractivity contribution in [1.29, 1.82) is 0 Å². The largest absolute Gasteiger partial charge is 0.481 e. The molecule has 0 saturated carbocycles. The third-order valence-corrected chi connectivity index (χ3v) is 4.45. The number of fused-ring (bicyclic) bond motifs is 2. The molecular weight excluding hydrogens is 272 g/mol. The smallest absolute Gasteiger partial charge is 0.318 e. The molecule has 0 spiro atoms. The van der Waals surface area contributed by atoms with E-state index < -0.39 is 11.9 Å². The lowest BCUT2D eigenvalue weighted by atomic mass is 9.89. The van der Waals surface area contributed by atoms with Gasteiger partial charge in [-0.05, 0) is 31.6 Å². The first-order valence-electron chi connectivity index (χ1n) is 7.87. The van der Waals surface area contributed by atoms with Crippen molar-refractivity contribution in [1.82, 2.24) is 10.2 Å². The summed E-state index contributed by atoms with van der Waals surface area (Å²) in [5, 5.41) is 12.0. The number of rotatable bonds is 7. The van der Waals surface area contributed by atoms with Gasteiger partial charge in [-0.1, -0.05) is 13.8 Å². The summed E-state index contributed by atoms with van der Waals surface area (Å²) in [6.45, 7) is 5.98. The van der Waals surface area contributed by atoms with Crippen molar-refractivity contribution in [2.75, 3.05) is 19.8 Å². The van der Waals surface area contributed by atoms with Gasteiger partial charge in [-0.25, -0.2) is 4.79 Å². The van der Waals surface area contributed by atoms with Crippen LogP contribution in [-0.4, -0.2) is 53.8 Å². The van der Waals surface area contributed by atoms with E-state index in [-0.39, 0.29) is 18.1 Å². The lowest BCUT2D eigenvalue weighted by Gasteiger charge is -2.23. The van der Waals surface area contributed by atoms with E-state index in [9.17, 15) is 14.7 Å². The minimum absolute atomic E-state index is 0.0953. The summed E-state index contributed by atoms with van der Waals surface area (Å²) in [4.78, 5) is 25.1. The van der Waals surface area contributed by atoms with Crippen molar-refractivity contribution < 1.29 is 19.4 Å². The van der Waals surface area contributed by atoms with Gasteiger partial charge < -0.3 is 20.1 Å². The molecule has 6 nitrogen and oxygen atoms in total. The van der Waals surface area contributed by atoms with Crippen molar-refractivity contribution in [3.05, 3.63) is 0 Å². The molecule has 2 aliphatic rings. The van der Waals surface area contributed by atoms with Crippen LogP contribution in [0.5, 0.6) is 0 Å². The fourth-order valence-electron chi connectivity index (χ4n) is 3.31. The Kier molecular flexibility index (Phi) is 5.45. The zero-order valence-electron chi connectivity index (χ0n) is 12.9. The van der Waals surface area contributed by atoms with Gasteiger partial charge in [-0.3, -0.25) is 4.79 Å². The molecule has 0 radical (unpaired) electrons. The molecule has 2 amide bonds. The number of nitrogens with zero attached hydrogens (tertiary/aromatic N) is 1. The van der Waals surface area contributed by atoms with E-state index in [1.807, 2.05) is 0 Å². The van der Waals surface area contributed by atoms with E-state index in [1.54, 1.807) is 4.90 Å². The lowest BCUT2D eigenvalue weighted by Crippen LogP contribution is -2.45. The molecule has 0 aromatic heterocycles. The monoisotopic (exact) mass is 298 g/mol. The van der Waals surface area contributed by atoms with E-state index >= 15 is 0 Å². The first kappa shape index (κ1) is 16.1. The third kappa shape index (κ3) is 3.87. The molecule has 21 heavy (non-hydrogen) atoms. The van der Waals surface area contributed by atoms with Gasteiger partial charge in [0, 0.05) is 25.2 Å². The molecule has 120 valence electrons. The zero-order chi connectivity index (χ0) is 15.4. The molecule has 2 fully saturated rings. The maximum Gasteiger partial charge on any atom is 0.318 e. The van der Waals surface area contributed by atoms with E-state index in [2.05, 4.69) is 19.2 Å². The molecule has 0 aromatic carbocycles. The normalized spacial score (nSPS) is 27.4. The van der Waals surface area contributed by atoms with Gasteiger partial charge >= 0.3 is 12.0 Å². The van der Waals surface area contributed by atoms with Gasteiger partial charge in [0.25, 0.3) is 0 Å². The highest BCUT2D eigenvalue weighted by Crippen LogP contribution is 2.41. The van der Waals surface area contributed by atoms with Gasteiger partial charge in [0.05, 0.1) is 12.5 Å². The Bertz CT molecular complexity index is 386. The van der Waals surface area contributed by atoms with Crippen molar-refractivity contribution in [3.8, 4) is 0 Å². The maximum absolute atomic E-state index is 12.2. The maximum atomic E-state index is 12.2. The van der Waals surface area contributed by atoms with Gasteiger partial charge in [-0.2, -0.15) is 0 Å². The van der Waals surface area contributed by atoms with Crippen LogP contribution in [0.4, 0.5) is 4.79 Å². The molecule has 3 unspecified atom stereocenters. The first-order chi connectivity index (χ1) is 10.0. The van der Waals surface area contributed by atoms with Crippen LogP contribution in [0.15, 0.2) is 0 Å². The average Bonchev–Trinajstić information content (AvgIpc) is 2.99. The van der Waals surface area contributed by atoms with E-state index in [1.165, 1.54) is 0 Å². The molecule has 0 aliphatic carbocycles. The lowest BCUT2D eigenvalue weighted by molar-refractivity contribution is -0.142. The topological polar surface area (TPSA) is 78.9 Å². The molecule has 2 aliphatic heterocycles. The summed E-state index contributed by atoms with van der Waals surface area (Å²) >= 11 is 0. The standard InChI is InChI=1S/C15H26N2O4/c1-10(2)5-7-21-8-6-16-15(20)17-11-3-4-13(17)12(9-11)14(18)19/h10-13H,3-9H2,1-2H3,(H,16,20)(H,18,19). The predicted molar refractivity (Wildman–Crippen MR) is 78.1 cm³/mol. The van der Waals surface area contributed by atoms with Crippen LogP contribution in [0.25, 0.3) is 0 Å². The number of carboxylic acid groups (broad SMARTS) is 1. The first-order valence-corrected chi connectivity index (χ1v) is 7.87. The number of amides is 2. The van der Waals surface area contributed by atoms with Crippen molar-refractivity contribution >= 4 is 12.0 Å². The molecule has 3 atom stereocenters. The molecule has 2 bridgehead atoms. The molecule has 2 heterocycles. The minimum atomic E-state index is -0.781. The van der Waals surface area contributed by atoms with Crippen molar-refractivity contribution in [3.63, 3.8) is 0 Å². The quantitative estimate of drug-likeness (QED) is 0.701. The summed E-state index contributed by atoms with van der Waals surface area (Å²) < 4.78 is 5.46. The van der Waals surface area contributed by atoms with Crippen LogP contribution in [0.1, 0.15) is 39.5 Å². The van der Waals surface area contributed by atoms with Crippen LogP contribution >= 0.6 is 0 Å². The number of carboxylic acids is 1. The number of carbonyl (C=O) groups excluding carboxylic acids is 1. The Morgan fingerprint density at radius 1 is 1.33 bits per heavy atom. The average molecular weight is 298 g/mol. The summed E-state index contributed by atoms with van der Waals surface area (Å²) in [5.41, 5.74) is 0. The van der Waals surface area contributed by atoms with Gasteiger partial charge in [-0.15, -0.1) is 0 Å². The van der Waals surface area contributed by atoms with E-state index in [0.29, 0.717) is 32.1 Å². The number of hydrogen-bond donors (Lipinski definition) is 2.